The number of benzene rings is 2. The number of halogens is 1. The van der Waals surface area contributed by atoms with Crippen molar-refractivity contribution in [3.05, 3.63) is 71.9 Å². The average molecular weight is 283 g/mol. The SMILES string of the molecule is Fc1ccccc1CNCc1nnc(-c2ccccc2)o1. The molecule has 0 atom stereocenters. The maximum Gasteiger partial charge on any atom is 0.247 e. The van der Waals surface area contributed by atoms with Gasteiger partial charge in [0.2, 0.25) is 11.8 Å². The van der Waals surface area contributed by atoms with Gasteiger partial charge in [-0.2, -0.15) is 0 Å². The van der Waals surface area contributed by atoms with Crippen LogP contribution >= 0.6 is 0 Å². The highest BCUT2D eigenvalue weighted by atomic mass is 19.1. The Morgan fingerprint density at radius 1 is 0.905 bits per heavy atom. The summed E-state index contributed by atoms with van der Waals surface area (Å²) in [5, 5.41) is 11.1. The van der Waals surface area contributed by atoms with Crippen LogP contribution in [0.25, 0.3) is 11.5 Å². The molecule has 1 heterocycles. The Labute approximate surface area is 121 Å². The summed E-state index contributed by atoms with van der Waals surface area (Å²) in [6, 6.07) is 16.2. The second kappa shape index (κ2) is 6.28. The van der Waals surface area contributed by atoms with E-state index in [0.29, 0.717) is 30.4 Å². The van der Waals surface area contributed by atoms with Crippen LogP contribution in [0.4, 0.5) is 4.39 Å². The lowest BCUT2D eigenvalue weighted by Crippen LogP contribution is -2.13. The minimum Gasteiger partial charge on any atom is -0.419 e. The van der Waals surface area contributed by atoms with E-state index in [9.17, 15) is 4.39 Å². The minimum atomic E-state index is -0.222. The Kier molecular flexibility index (Phi) is 4.02. The fourth-order valence-corrected chi connectivity index (χ4v) is 1.97. The van der Waals surface area contributed by atoms with Gasteiger partial charge in [0.25, 0.3) is 0 Å². The normalized spacial score (nSPS) is 10.7. The van der Waals surface area contributed by atoms with Crippen molar-refractivity contribution in [3.8, 4) is 11.5 Å². The largest absolute Gasteiger partial charge is 0.419 e. The number of aromatic nitrogens is 2. The van der Waals surface area contributed by atoms with Crippen molar-refractivity contribution >= 4 is 0 Å². The number of hydrogen-bond acceptors (Lipinski definition) is 4. The zero-order valence-electron chi connectivity index (χ0n) is 11.3. The van der Waals surface area contributed by atoms with E-state index in [1.54, 1.807) is 18.2 Å². The molecule has 3 aromatic rings. The zero-order chi connectivity index (χ0) is 14.5. The molecule has 0 saturated heterocycles. The maximum absolute atomic E-state index is 13.4. The molecule has 106 valence electrons. The van der Waals surface area contributed by atoms with Crippen LogP contribution in [-0.2, 0) is 13.1 Å². The fourth-order valence-electron chi connectivity index (χ4n) is 1.97. The van der Waals surface area contributed by atoms with E-state index >= 15 is 0 Å². The molecule has 0 aliphatic carbocycles. The van der Waals surface area contributed by atoms with Crippen molar-refractivity contribution in [2.24, 2.45) is 0 Å². The first-order valence-electron chi connectivity index (χ1n) is 6.65. The van der Waals surface area contributed by atoms with E-state index < -0.39 is 0 Å². The third-order valence-electron chi connectivity index (χ3n) is 3.04. The van der Waals surface area contributed by atoms with Gasteiger partial charge in [-0.1, -0.05) is 36.4 Å². The molecule has 21 heavy (non-hydrogen) atoms. The van der Waals surface area contributed by atoms with Crippen molar-refractivity contribution in [3.63, 3.8) is 0 Å². The van der Waals surface area contributed by atoms with Crippen molar-refractivity contribution < 1.29 is 8.81 Å². The van der Waals surface area contributed by atoms with Crippen LogP contribution in [0.1, 0.15) is 11.5 Å². The molecule has 5 heteroatoms. The zero-order valence-corrected chi connectivity index (χ0v) is 11.3. The summed E-state index contributed by atoms with van der Waals surface area (Å²) < 4.78 is 19.0. The molecule has 0 saturated carbocycles. The molecule has 1 N–H and O–H groups in total. The van der Waals surface area contributed by atoms with E-state index in [2.05, 4.69) is 15.5 Å². The van der Waals surface area contributed by atoms with Gasteiger partial charge in [0, 0.05) is 17.7 Å². The Bertz CT molecular complexity index is 712. The van der Waals surface area contributed by atoms with Gasteiger partial charge >= 0.3 is 0 Å². The number of rotatable bonds is 5. The van der Waals surface area contributed by atoms with Crippen LogP contribution in [0.5, 0.6) is 0 Å². The monoisotopic (exact) mass is 283 g/mol. The fraction of sp³-hybridized carbons (Fsp3) is 0.125. The Hall–Kier alpha value is -2.53. The van der Waals surface area contributed by atoms with Crippen LogP contribution < -0.4 is 5.32 Å². The minimum absolute atomic E-state index is 0.222. The van der Waals surface area contributed by atoms with E-state index in [0.717, 1.165) is 5.56 Å². The van der Waals surface area contributed by atoms with Gasteiger partial charge < -0.3 is 9.73 Å². The molecule has 4 nitrogen and oxygen atoms in total. The summed E-state index contributed by atoms with van der Waals surface area (Å²) in [6.45, 7) is 0.809. The summed E-state index contributed by atoms with van der Waals surface area (Å²) in [4.78, 5) is 0. The van der Waals surface area contributed by atoms with Crippen molar-refractivity contribution in [1.29, 1.82) is 0 Å². The van der Waals surface area contributed by atoms with Gasteiger partial charge in [-0.3, -0.25) is 0 Å². The molecule has 0 fully saturated rings. The molecule has 0 radical (unpaired) electrons. The highest BCUT2D eigenvalue weighted by molar-refractivity contribution is 5.51. The Balaban J connectivity index is 1.60. The number of nitrogens with one attached hydrogen (secondary N) is 1. The van der Waals surface area contributed by atoms with E-state index in [4.69, 9.17) is 4.42 Å². The average Bonchev–Trinajstić information content (AvgIpc) is 2.99. The molecule has 0 aliphatic heterocycles. The second-order valence-electron chi connectivity index (χ2n) is 4.56. The third kappa shape index (κ3) is 3.32. The van der Waals surface area contributed by atoms with Crippen LogP contribution in [0.3, 0.4) is 0 Å². The molecular formula is C16H14FN3O. The summed E-state index contributed by atoms with van der Waals surface area (Å²) in [5.74, 6) is 0.740. The van der Waals surface area contributed by atoms with Crippen LogP contribution in [0.2, 0.25) is 0 Å². The number of hydrogen-bond donors (Lipinski definition) is 1. The lowest BCUT2D eigenvalue weighted by atomic mass is 10.2. The van der Waals surface area contributed by atoms with Gasteiger partial charge in [0.15, 0.2) is 0 Å². The van der Waals surface area contributed by atoms with Crippen molar-refractivity contribution in [2.45, 2.75) is 13.1 Å². The van der Waals surface area contributed by atoms with Gasteiger partial charge in [-0.05, 0) is 18.2 Å². The van der Waals surface area contributed by atoms with Gasteiger partial charge in [0.1, 0.15) is 5.82 Å². The predicted octanol–water partition coefficient (Wildman–Crippen LogP) is 3.17. The molecule has 0 unspecified atom stereocenters. The predicted molar refractivity (Wildman–Crippen MR) is 76.7 cm³/mol. The highest BCUT2D eigenvalue weighted by Crippen LogP contribution is 2.16. The summed E-state index contributed by atoms with van der Waals surface area (Å²) >= 11 is 0. The van der Waals surface area contributed by atoms with Crippen molar-refractivity contribution in [2.75, 3.05) is 0 Å². The molecule has 3 rings (SSSR count). The molecule has 0 bridgehead atoms. The summed E-state index contributed by atoms with van der Waals surface area (Å²) in [6.07, 6.45) is 0. The van der Waals surface area contributed by atoms with Crippen molar-refractivity contribution in [1.82, 2.24) is 15.5 Å². The lowest BCUT2D eigenvalue weighted by molar-refractivity contribution is 0.474. The number of nitrogens with zero attached hydrogens (tertiary/aromatic N) is 2. The molecule has 1 aromatic heterocycles. The molecule has 0 aliphatic rings. The van der Waals surface area contributed by atoms with E-state index in [1.807, 2.05) is 30.3 Å². The first-order chi connectivity index (χ1) is 10.3. The van der Waals surface area contributed by atoms with Gasteiger partial charge in [-0.15, -0.1) is 10.2 Å². The molecular weight excluding hydrogens is 269 g/mol. The second-order valence-corrected chi connectivity index (χ2v) is 4.56. The first-order valence-corrected chi connectivity index (χ1v) is 6.65. The summed E-state index contributed by atoms with van der Waals surface area (Å²) in [7, 11) is 0. The van der Waals surface area contributed by atoms with Crippen LogP contribution in [0, 0.1) is 5.82 Å². The smallest absolute Gasteiger partial charge is 0.247 e. The highest BCUT2D eigenvalue weighted by Gasteiger charge is 2.08. The quantitative estimate of drug-likeness (QED) is 0.781. The third-order valence-corrected chi connectivity index (χ3v) is 3.04. The first kappa shape index (κ1) is 13.5. The molecule has 0 spiro atoms. The molecule has 2 aromatic carbocycles. The van der Waals surface area contributed by atoms with E-state index in [-0.39, 0.29) is 5.82 Å². The standard InChI is InChI=1S/C16H14FN3O/c17-14-9-5-4-8-13(14)10-18-11-15-19-20-16(21-15)12-6-2-1-3-7-12/h1-9,18H,10-11H2. The van der Waals surface area contributed by atoms with Crippen LogP contribution in [-0.4, -0.2) is 10.2 Å². The maximum atomic E-state index is 13.4. The van der Waals surface area contributed by atoms with Gasteiger partial charge in [0.05, 0.1) is 6.54 Å². The molecule has 0 amide bonds. The Morgan fingerprint density at radius 3 is 2.48 bits per heavy atom. The topological polar surface area (TPSA) is 51.0 Å². The summed E-state index contributed by atoms with van der Waals surface area (Å²) in [5.41, 5.74) is 1.49. The van der Waals surface area contributed by atoms with Crippen LogP contribution in [0.15, 0.2) is 59.0 Å². The van der Waals surface area contributed by atoms with Gasteiger partial charge in [-0.25, -0.2) is 4.39 Å². The van der Waals surface area contributed by atoms with E-state index in [1.165, 1.54) is 6.07 Å². The Morgan fingerprint density at radius 2 is 1.67 bits per heavy atom. The lowest BCUT2D eigenvalue weighted by Gasteiger charge is -2.03.